The fourth-order valence-corrected chi connectivity index (χ4v) is 2.68. The third-order valence-corrected chi connectivity index (χ3v) is 4.41. The van der Waals surface area contributed by atoms with E-state index in [1.54, 1.807) is 0 Å². The van der Waals surface area contributed by atoms with Gasteiger partial charge in [-0.15, -0.1) is 0 Å². The Kier molecular flexibility index (Phi) is 6.00. The molecular weight excluding hydrogens is 290 g/mol. The number of amides is 1. The van der Waals surface area contributed by atoms with E-state index in [1.807, 2.05) is 30.3 Å². The molecule has 0 spiro atoms. The third-order valence-electron chi connectivity index (χ3n) is 4.41. The first kappa shape index (κ1) is 17.3. The first-order valence-corrected chi connectivity index (χ1v) is 8.16. The zero-order valence-corrected chi connectivity index (χ0v) is 13.8. The van der Waals surface area contributed by atoms with E-state index in [0.29, 0.717) is 38.5 Å². The lowest BCUT2D eigenvalue weighted by molar-refractivity contribution is -0.132. The van der Waals surface area contributed by atoms with E-state index in [2.05, 4.69) is 30.6 Å². The van der Waals surface area contributed by atoms with Crippen LogP contribution >= 0.6 is 0 Å². The molecular formula is C18H25N3O2. The van der Waals surface area contributed by atoms with E-state index in [0.717, 1.165) is 5.69 Å². The Balaban J connectivity index is 1.95. The van der Waals surface area contributed by atoms with Crippen LogP contribution in [0.3, 0.4) is 0 Å². The smallest absolute Gasteiger partial charge is 0.240 e. The van der Waals surface area contributed by atoms with Gasteiger partial charge in [-0.05, 0) is 30.9 Å². The predicted octanol–water partition coefficient (Wildman–Crippen LogP) is 2.56. The van der Waals surface area contributed by atoms with Crippen LogP contribution in [-0.2, 0) is 9.53 Å². The molecule has 2 N–H and O–H groups in total. The van der Waals surface area contributed by atoms with Crippen molar-refractivity contribution in [2.45, 2.75) is 32.7 Å². The zero-order chi connectivity index (χ0) is 16.7. The fourth-order valence-electron chi connectivity index (χ4n) is 2.68. The highest BCUT2D eigenvalue weighted by Gasteiger charge is 2.40. The number of nitriles is 1. The standard InChI is InChI=1S/C18H25N3O2/c1-14(2)16(21-15-6-4-3-5-7-15)12-20-17(22)18(13-19)8-10-23-11-9-18/h3-7,14,16,21H,8-12H2,1-2H3,(H,20,22)/t16-/m1/s1. The molecule has 124 valence electrons. The summed E-state index contributed by atoms with van der Waals surface area (Å²) in [6, 6.07) is 12.3. The summed E-state index contributed by atoms with van der Waals surface area (Å²) in [5, 5.41) is 15.9. The van der Waals surface area contributed by atoms with Gasteiger partial charge in [-0.25, -0.2) is 0 Å². The summed E-state index contributed by atoms with van der Waals surface area (Å²) in [6.07, 6.45) is 0.932. The molecule has 0 aromatic heterocycles. The average molecular weight is 315 g/mol. The lowest BCUT2D eigenvalue weighted by Crippen LogP contribution is -2.48. The van der Waals surface area contributed by atoms with Gasteiger partial charge in [0.2, 0.25) is 5.91 Å². The van der Waals surface area contributed by atoms with Crippen LogP contribution in [0.2, 0.25) is 0 Å². The molecule has 5 heteroatoms. The molecule has 0 unspecified atom stereocenters. The fraction of sp³-hybridized carbons (Fsp3) is 0.556. The summed E-state index contributed by atoms with van der Waals surface area (Å²) in [5.74, 6) is 0.173. The molecule has 1 atom stereocenters. The molecule has 23 heavy (non-hydrogen) atoms. The normalized spacial score (nSPS) is 18.0. The Morgan fingerprint density at radius 3 is 2.52 bits per heavy atom. The molecule has 1 amide bonds. The van der Waals surface area contributed by atoms with Crippen molar-refractivity contribution in [1.29, 1.82) is 5.26 Å². The van der Waals surface area contributed by atoms with Gasteiger partial charge in [0, 0.05) is 31.5 Å². The SMILES string of the molecule is CC(C)[C@@H](CNC(=O)C1(C#N)CCOCC1)Nc1ccccc1. The van der Waals surface area contributed by atoms with Gasteiger partial charge < -0.3 is 15.4 Å². The minimum Gasteiger partial charge on any atom is -0.381 e. The summed E-state index contributed by atoms with van der Waals surface area (Å²) in [7, 11) is 0. The van der Waals surface area contributed by atoms with Crippen LogP contribution in [0.15, 0.2) is 30.3 Å². The number of para-hydroxylation sites is 1. The quantitative estimate of drug-likeness (QED) is 0.846. The molecule has 2 rings (SSSR count). The second kappa shape index (κ2) is 7.98. The van der Waals surface area contributed by atoms with E-state index in [1.165, 1.54) is 0 Å². The van der Waals surface area contributed by atoms with E-state index in [9.17, 15) is 10.1 Å². The van der Waals surface area contributed by atoms with Gasteiger partial charge in [0.05, 0.1) is 6.07 Å². The molecule has 0 bridgehead atoms. The highest BCUT2D eigenvalue weighted by molar-refractivity contribution is 5.85. The van der Waals surface area contributed by atoms with Crippen molar-refractivity contribution in [3.05, 3.63) is 30.3 Å². The molecule has 0 saturated carbocycles. The lowest BCUT2D eigenvalue weighted by atomic mass is 9.81. The lowest BCUT2D eigenvalue weighted by Gasteiger charge is -2.31. The Morgan fingerprint density at radius 2 is 1.96 bits per heavy atom. The molecule has 1 heterocycles. The number of nitrogens with one attached hydrogen (secondary N) is 2. The number of nitrogens with zero attached hydrogens (tertiary/aromatic N) is 1. The number of carbonyl (C=O) groups is 1. The molecule has 1 aromatic carbocycles. The van der Waals surface area contributed by atoms with Crippen molar-refractivity contribution in [2.24, 2.45) is 11.3 Å². The molecule has 1 fully saturated rings. The van der Waals surface area contributed by atoms with Crippen molar-refractivity contribution in [3.63, 3.8) is 0 Å². The summed E-state index contributed by atoms with van der Waals surface area (Å²) >= 11 is 0. The van der Waals surface area contributed by atoms with E-state index < -0.39 is 5.41 Å². The van der Waals surface area contributed by atoms with Gasteiger partial charge >= 0.3 is 0 Å². The van der Waals surface area contributed by atoms with Gasteiger partial charge in [-0.2, -0.15) is 5.26 Å². The molecule has 1 aliphatic rings. The Morgan fingerprint density at radius 1 is 1.30 bits per heavy atom. The number of hydrogen-bond acceptors (Lipinski definition) is 4. The summed E-state index contributed by atoms with van der Waals surface area (Å²) in [5.41, 5.74) is 0.0912. The minimum atomic E-state index is -0.938. The molecule has 0 radical (unpaired) electrons. The van der Waals surface area contributed by atoms with Gasteiger partial charge in [-0.1, -0.05) is 32.0 Å². The molecule has 5 nitrogen and oxygen atoms in total. The van der Waals surface area contributed by atoms with Crippen molar-refractivity contribution in [3.8, 4) is 6.07 Å². The van der Waals surface area contributed by atoms with E-state index in [4.69, 9.17) is 4.74 Å². The number of anilines is 1. The largest absolute Gasteiger partial charge is 0.381 e. The number of carbonyl (C=O) groups excluding carboxylic acids is 1. The number of benzene rings is 1. The van der Waals surface area contributed by atoms with Crippen LogP contribution in [0, 0.1) is 22.7 Å². The van der Waals surface area contributed by atoms with Gasteiger partial charge in [0.15, 0.2) is 0 Å². The first-order valence-electron chi connectivity index (χ1n) is 8.16. The van der Waals surface area contributed by atoms with Crippen LogP contribution < -0.4 is 10.6 Å². The topological polar surface area (TPSA) is 74.2 Å². The maximum absolute atomic E-state index is 12.5. The number of ether oxygens (including phenoxy) is 1. The maximum atomic E-state index is 12.5. The van der Waals surface area contributed by atoms with Crippen molar-refractivity contribution in [2.75, 3.05) is 25.1 Å². The first-order chi connectivity index (χ1) is 11.1. The van der Waals surface area contributed by atoms with Crippen LogP contribution in [0.4, 0.5) is 5.69 Å². The van der Waals surface area contributed by atoms with Gasteiger partial charge in [-0.3, -0.25) is 4.79 Å². The average Bonchev–Trinajstić information content (AvgIpc) is 2.59. The third kappa shape index (κ3) is 4.46. The predicted molar refractivity (Wildman–Crippen MR) is 89.8 cm³/mol. The second-order valence-corrected chi connectivity index (χ2v) is 6.38. The zero-order valence-electron chi connectivity index (χ0n) is 13.8. The Labute approximate surface area is 138 Å². The highest BCUT2D eigenvalue weighted by Crippen LogP contribution is 2.29. The minimum absolute atomic E-state index is 0.108. The molecule has 1 aromatic rings. The van der Waals surface area contributed by atoms with Crippen LogP contribution in [0.5, 0.6) is 0 Å². The molecule has 0 aliphatic carbocycles. The van der Waals surface area contributed by atoms with Gasteiger partial charge in [0.1, 0.15) is 5.41 Å². The van der Waals surface area contributed by atoms with Crippen molar-refractivity contribution >= 4 is 11.6 Å². The van der Waals surface area contributed by atoms with Crippen LogP contribution in [-0.4, -0.2) is 31.7 Å². The molecule has 1 aliphatic heterocycles. The monoisotopic (exact) mass is 315 g/mol. The maximum Gasteiger partial charge on any atom is 0.240 e. The van der Waals surface area contributed by atoms with Crippen LogP contribution in [0.1, 0.15) is 26.7 Å². The summed E-state index contributed by atoms with van der Waals surface area (Å²) < 4.78 is 5.28. The Hall–Kier alpha value is -2.06. The van der Waals surface area contributed by atoms with E-state index >= 15 is 0 Å². The van der Waals surface area contributed by atoms with Crippen LogP contribution in [0.25, 0.3) is 0 Å². The van der Waals surface area contributed by atoms with Crippen molar-refractivity contribution < 1.29 is 9.53 Å². The van der Waals surface area contributed by atoms with Crippen molar-refractivity contribution in [1.82, 2.24) is 5.32 Å². The number of hydrogen-bond donors (Lipinski definition) is 2. The molecule has 1 saturated heterocycles. The number of rotatable bonds is 6. The van der Waals surface area contributed by atoms with E-state index in [-0.39, 0.29) is 11.9 Å². The van der Waals surface area contributed by atoms with Gasteiger partial charge in [0.25, 0.3) is 0 Å². The summed E-state index contributed by atoms with van der Waals surface area (Å²) in [4.78, 5) is 12.5. The Bertz CT molecular complexity index is 545. The second-order valence-electron chi connectivity index (χ2n) is 6.38. The highest BCUT2D eigenvalue weighted by atomic mass is 16.5. The summed E-state index contributed by atoms with van der Waals surface area (Å²) in [6.45, 7) is 5.66.